The van der Waals surface area contributed by atoms with Crippen molar-refractivity contribution in [1.82, 2.24) is 19.5 Å². The molecule has 0 aliphatic heterocycles. The van der Waals surface area contributed by atoms with Crippen molar-refractivity contribution in [3.05, 3.63) is 111 Å². The van der Waals surface area contributed by atoms with E-state index in [-0.39, 0.29) is 25.0 Å². The molecule has 194 valence electrons. The van der Waals surface area contributed by atoms with Gasteiger partial charge in [0.1, 0.15) is 29.9 Å². The van der Waals surface area contributed by atoms with Crippen molar-refractivity contribution in [2.24, 2.45) is 0 Å². The van der Waals surface area contributed by atoms with Gasteiger partial charge in [-0.15, -0.1) is 0 Å². The van der Waals surface area contributed by atoms with Crippen LogP contribution in [0.2, 0.25) is 0 Å². The second-order valence-electron chi connectivity index (χ2n) is 8.93. The number of ether oxygens (including phenoxy) is 1. The molecule has 0 saturated heterocycles. The molecule has 2 heterocycles. The zero-order chi connectivity index (χ0) is 26.6. The quantitative estimate of drug-likeness (QED) is 0.186. The Hall–Kier alpha value is -4.08. The first-order valence-corrected chi connectivity index (χ1v) is 13.0. The Bertz CT molecular complexity index is 1560. The minimum absolute atomic E-state index is 0.0873. The molecule has 0 bridgehead atoms. The highest BCUT2D eigenvalue weighted by molar-refractivity contribution is 9.10. The highest BCUT2D eigenvalue weighted by Crippen LogP contribution is 2.38. The van der Waals surface area contributed by atoms with Gasteiger partial charge < -0.3 is 24.9 Å². The summed E-state index contributed by atoms with van der Waals surface area (Å²) < 4.78 is 7.75. The predicted octanol–water partition coefficient (Wildman–Crippen LogP) is 5.47. The third-order valence-electron chi connectivity index (χ3n) is 6.51. The van der Waals surface area contributed by atoms with Gasteiger partial charge in [-0.3, -0.25) is 4.57 Å². The number of halogens is 1. The smallest absolute Gasteiger partial charge is 0.329 e. The number of rotatable bonds is 9. The molecule has 0 fully saturated rings. The summed E-state index contributed by atoms with van der Waals surface area (Å²) in [5, 5.41) is 20.3. The van der Waals surface area contributed by atoms with Gasteiger partial charge in [0.25, 0.3) is 0 Å². The van der Waals surface area contributed by atoms with Crippen molar-refractivity contribution in [3.63, 3.8) is 0 Å². The number of aromatic hydroxyl groups is 1. The third kappa shape index (κ3) is 5.16. The van der Waals surface area contributed by atoms with Crippen LogP contribution >= 0.6 is 15.9 Å². The number of benzene rings is 3. The first kappa shape index (κ1) is 25.6. The molecule has 8 nitrogen and oxygen atoms in total. The van der Waals surface area contributed by atoms with Crippen LogP contribution in [-0.4, -0.2) is 42.9 Å². The van der Waals surface area contributed by atoms with Crippen LogP contribution in [0.1, 0.15) is 30.3 Å². The van der Waals surface area contributed by atoms with Crippen molar-refractivity contribution < 1.29 is 14.9 Å². The molecule has 0 amide bonds. The average Bonchev–Trinajstić information content (AvgIpc) is 3.54. The van der Waals surface area contributed by atoms with Gasteiger partial charge in [-0.05, 0) is 47.5 Å². The molecular formula is C29H27BrN4O4. The van der Waals surface area contributed by atoms with E-state index in [9.17, 15) is 9.90 Å². The molecule has 0 radical (unpaired) electrons. The highest BCUT2D eigenvalue weighted by atomic mass is 79.9. The molecule has 0 unspecified atom stereocenters. The molecule has 5 rings (SSSR count). The van der Waals surface area contributed by atoms with Crippen LogP contribution in [-0.2, 0) is 0 Å². The van der Waals surface area contributed by atoms with Gasteiger partial charge in [0.15, 0.2) is 0 Å². The molecule has 4 N–H and O–H groups in total. The Kier molecular flexibility index (Phi) is 7.48. The van der Waals surface area contributed by atoms with E-state index in [0.29, 0.717) is 22.8 Å². The van der Waals surface area contributed by atoms with Crippen molar-refractivity contribution >= 4 is 15.9 Å². The van der Waals surface area contributed by atoms with Gasteiger partial charge in [0.2, 0.25) is 5.88 Å². The Morgan fingerprint density at radius 3 is 2.34 bits per heavy atom. The van der Waals surface area contributed by atoms with Crippen LogP contribution in [0, 0.1) is 0 Å². The van der Waals surface area contributed by atoms with Crippen LogP contribution in [0.3, 0.4) is 0 Å². The summed E-state index contributed by atoms with van der Waals surface area (Å²) in [6.45, 7) is 2.10. The van der Waals surface area contributed by atoms with E-state index in [2.05, 4.69) is 30.9 Å². The Morgan fingerprint density at radius 2 is 1.66 bits per heavy atom. The van der Waals surface area contributed by atoms with E-state index in [0.717, 1.165) is 21.3 Å². The maximum atomic E-state index is 13.4. The lowest BCUT2D eigenvalue weighted by Crippen LogP contribution is -2.27. The minimum Gasteiger partial charge on any atom is -0.493 e. The van der Waals surface area contributed by atoms with Crippen LogP contribution < -0.4 is 10.4 Å². The topological polar surface area (TPSA) is 116 Å². The van der Waals surface area contributed by atoms with E-state index in [1.54, 1.807) is 30.5 Å². The summed E-state index contributed by atoms with van der Waals surface area (Å²) in [4.78, 5) is 24.2. The third-order valence-corrected chi connectivity index (χ3v) is 7.04. The summed E-state index contributed by atoms with van der Waals surface area (Å²) in [6, 6.07) is 24.0. The second kappa shape index (κ2) is 11.1. The number of nitrogens with zero attached hydrogens (tertiary/aromatic N) is 2. The number of hydrogen-bond donors (Lipinski definition) is 4. The summed E-state index contributed by atoms with van der Waals surface area (Å²) in [7, 11) is 0. The van der Waals surface area contributed by atoms with Gasteiger partial charge in [-0.25, -0.2) is 9.78 Å². The molecule has 0 saturated carbocycles. The molecule has 0 aliphatic rings. The molecule has 38 heavy (non-hydrogen) atoms. The Labute approximate surface area is 227 Å². The van der Waals surface area contributed by atoms with Crippen LogP contribution in [0.25, 0.3) is 22.5 Å². The predicted molar refractivity (Wildman–Crippen MR) is 149 cm³/mol. The minimum atomic E-state index is -0.619. The van der Waals surface area contributed by atoms with Gasteiger partial charge in [0.05, 0.1) is 18.5 Å². The van der Waals surface area contributed by atoms with E-state index in [4.69, 9.17) is 9.84 Å². The van der Waals surface area contributed by atoms with Crippen LogP contribution in [0.5, 0.6) is 11.6 Å². The number of aliphatic hydroxyl groups is 1. The van der Waals surface area contributed by atoms with Gasteiger partial charge in [-0.1, -0.05) is 65.3 Å². The number of aliphatic hydroxyl groups excluding tert-OH is 1. The fourth-order valence-corrected chi connectivity index (χ4v) is 4.83. The van der Waals surface area contributed by atoms with Crippen molar-refractivity contribution in [2.45, 2.75) is 18.9 Å². The van der Waals surface area contributed by atoms with Crippen molar-refractivity contribution in [3.8, 4) is 34.1 Å². The summed E-state index contributed by atoms with van der Waals surface area (Å²) in [5.74, 6) is 0.737. The normalized spacial score (nSPS) is 12.8. The second-order valence-corrected chi connectivity index (χ2v) is 9.84. The van der Waals surface area contributed by atoms with Crippen LogP contribution in [0.15, 0.2) is 94.3 Å². The van der Waals surface area contributed by atoms with Gasteiger partial charge in [0, 0.05) is 16.0 Å². The lowest BCUT2D eigenvalue weighted by Gasteiger charge is -2.24. The fraction of sp³-hybridized carbons (Fsp3) is 0.172. The first-order valence-electron chi connectivity index (χ1n) is 12.2. The molecule has 2 atom stereocenters. The SMILES string of the molecule is C[C@@H](c1ccccc1)[C@@H](c1ncc(-c2ccc(Br)cc2)[nH]1)n1c(O)c(-c2ccc(OCCO)cc2)[nH]c1=O. The van der Waals surface area contributed by atoms with E-state index < -0.39 is 11.7 Å². The zero-order valence-electron chi connectivity index (χ0n) is 20.6. The molecule has 5 aromatic rings. The zero-order valence-corrected chi connectivity index (χ0v) is 22.2. The lowest BCUT2D eigenvalue weighted by molar-refractivity contribution is 0.201. The van der Waals surface area contributed by atoms with E-state index in [1.807, 2.05) is 61.5 Å². The summed E-state index contributed by atoms with van der Waals surface area (Å²) in [5.41, 5.74) is 3.22. The number of aromatic amines is 2. The van der Waals surface area contributed by atoms with E-state index >= 15 is 0 Å². The standard InChI is InChI=1S/C29H27BrN4O4/c1-18(19-5-3-2-4-6-19)26(27-31-17-24(32-27)20-7-11-22(30)12-8-20)34-28(36)25(33-29(34)37)21-9-13-23(14-10-21)38-16-15-35/h2-14,17-18,26,35-36H,15-16H2,1H3,(H,31,32)(H,33,37)/t18-,26-/m0/s1. The molecule has 0 aliphatic carbocycles. The number of imidazole rings is 2. The fourth-order valence-electron chi connectivity index (χ4n) is 4.57. The highest BCUT2D eigenvalue weighted by Gasteiger charge is 2.31. The van der Waals surface area contributed by atoms with Gasteiger partial charge in [-0.2, -0.15) is 0 Å². The van der Waals surface area contributed by atoms with E-state index in [1.165, 1.54) is 4.57 Å². The number of aromatic nitrogens is 4. The molecule has 3 aromatic carbocycles. The molecule has 2 aromatic heterocycles. The molecular weight excluding hydrogens is 548 g/mol. The monoisotopic (exact) mass is 574 g/mol. The maximum Gasteiger partial charge on any atom is 0.329 e. The first-order chi connectivity index (χ1) is 18.5. The van der Waals surface area contributed by atoms with Crippen molar-refractivity contribution in [1.29, 1.82) is 0 Å². The average molecular weight is 575 g/mol. The number of hydrogen-bond acceptors (Lipinski definition) is 5. The lowest BCUT2D eigenvalue weighted by atomic mass is 9.92. The number of nitrogens with one attached hydrogen (secondary N) is 2. The largest absolute Gasteiger partial charge is 0.493 e. The van der Waals surface area contributed by atoms with Crippen LogP contribution in [0.4, 0.5) is 0 Å². The summed E-state index contributed by atoms with van der Waals surface area (Å²) in [6.07, 6.45) is 1.74. The van der Waals surface area contributed by atoms with Gasteiger partial charge >= 0.3 is 5.69 Å². The Morgan fingerprint density at radius 1 is 0.974 bits per heavy atom. The summed E-state index contributed by atoms with van der Waals surface area (Å²) >= 11 is 3.46. The van der Waals surface area contributed by atoms with Crippen molar-refractivity contribution in [2.75, 3.05) is 13.2 Å². The molecule has 9 heteroatoms. The Balaban J connectivity index is 1.58. The molecule has 0 spiro atoms. The number of H-pyrrole nitrogens is 2. The maximum absolute atomic E-state index is 13.4.